The number of terminal acetylenes is 1. The molecule has 0 aliphatic rings. The second-order valence-electron chi connectivity index (χ2n) is 2.09. The average molecular weight is 150 g/mol. The van der Waals surface area contributed by atoms with Crippen molar-refractivity contribution in [2.24, 2.45) is 0 Å². The van der Waals surface area contributed by atoms with E-state index < -0.39 is 0 Å². The van der Waals surface area contributed by atoms with Crippen LogP contribution in [0.5, 0.6) is 0 Å². The molecule has 0 radical (unpaired) electrons. The minimum atomic E-state index is -0.0230. The van der Waals surface area contributed by atoms with E-state index in [9.17, 15) is 4.53 Å². The molecule has 0 fully saturated rings. The molecule has 2 heteroatoms. The molecule has 0 aliphatic heterocycles. The Bertz CT molecular complexity index is 258. The van der Waals surface area contributed by atoms with Crippen molar-refractivity contribution >= 4 is 0 Å². The molecule has 1 rings (SSSR count). The SMILES string of the molecule is C#Cc1ccc(COF)cc1. The maximum atomic E-state index is 11.3. The van der Waals surface area contributed by atoms with Gasteiger partial charge in [0, 0.05) is 5.56 Å². The van der Waals surface area contributed by atoms with Gasteiger partial charge in [0.25, 0.3) is 0 Å². The second-order valence-corrected chi connectivity index (χ2v) is 2.09. The molecule has 1 nitrogen and oxygen atoms in total. The second kappa shape index (κ2) is 3.75. The molecule has 0 aromatic heterocycles. The van der Waals surface area contributed by atoms with Crippen molar-refractivity contribution in [3.05, 3.63) is 35.4 Å². The molecule has 56 valence electrons. The topological polar surface area (TPSA) is 9.23 Å². The fourth-order valence-electron chi connectivity index (χ4n) is 0.760. The van der Waals surface area contributed by atoms with Gasteiger partial charge in [0.2, 0.25) is 0 Å². The largest absolute Gasteiger partial charge is 0.189 e. The number of halogens is 1. The first-order valence-corrected chi connectivity index (χ1v) is 3.16. The summed E-state index contributed by atoms with van der Waals surface area (Å²) < 4.78 is 11.3. The first kappa shape index (κ1) is 7.77. The quantitative estimate of drug-likeness (QED) is 0.586. The van der Waals surface area contributed by atoms with E-state index in [1.807, 2.05) is 0 Å². The Balaban J connectivity index is 2.76. The Morgan fingerprint density at radius 1 is 1.36 bits per heavy atom. The molecule has 0 saturated carbocycles. The van der Waals surface area contributed by atoms with Gasteiger partial charge >= 0.3 is 0 Å². The Morgan fingerprint density at radius 3 is 2.45 bits per heavy atom. The van der Waals surface area contributed by atoms with Gasteiger partial charge in [0.15, 0.2) is 0 Å². The van der Waals surface area contributed by atoms with Gasteiger partial charge < -0.3 is 0 Å². The van der Waals surface area contributed by atoms with E-state index >= 15 is 0 Å². The van der Waals surface area contributed by atoms with Gasteiger partial charge in [-0.1, -0.05) is 18.1 Å². The summed E-state index contributed by atoms with van der Waals surface area (Å²) in [5.74, 6) is 2.46. The monoisotopic (exact) mass is 150 g/mol. The number of hydrogen-bond acceptors (Lipinski definition) is 1. The lowest BCUT2D eigenvalue weighted by Gasteiger charge is -1.95. The van der Waals surface area contributed by atoms with E-state index in [4.69, 9.17) is 6.42 Å². The van der Waals surface area contributed by atoms with Gasteiger partial charge in [-0.3, -0.25) is 0 Å². The zero-order valence-corrected chi connectivity index (χ0v) is 5.88. The maximum absolute atomic E-state index is 11.3. The van der Waals surface area contributed by atoms with Crippen LogP contribution in [-0.4, -0.2) is 0 Å². The van der Waals surface area contributed by atoms with Gasteiger partial charge in [0.1, 0.15) is 6.61 Å². The summed E-state index contributed by atoms with van der Waals surface area (Å²) in [6.07, 6.45) is 5.12. The smallest absolute Gasteiger partial charge is 0.113 e. The number of benzene rings is 1. The molecule has 0 amide bonds. The van der Waals surface area contributed by atoms with Gasteiger partial charge in [-0.15, -0.1) is 6.42 Å². The summed E-state index contributed by atoms with van der Waals surface area (Å²) in [5, 5.41) is 0. The predicted molar refractivity (Wildman–Crippen MR) is 40.3 cm³/mol. The van der Waals surface area contributed by atoms with Crippen LogP contribution in [0.25, 0.3) is 0 Å². The first-order chi connectivity index (χ1) is 5.36. The van der Waals surface area contributed by atoms with Crippen LogP contribution in [0.3, 0.4) is 0 Å². The van der Waals surface area contributed by atoms with Crippen LogP contribution < -0.4 is 0 Å². The molecule has 0 saturated heterocycles. The van der Waals surface area contributed by atoms with E-state index in [1.54, 1.807) is 24.3 Å². The Kier molecular flexibility index (Phi) is 2.65. The molecule has 11 heavy (non-hydrogen) atoms. The van der Waals surface area contributed by atoms with Crippen molar-refractivity contribution in [2.45, 2.75) is 6.61 Å². The van der Waals surface area contributed by atoms with Crippen LogP contribution in [0.15, 0.2) is 24.3 Å². The fourth-order valence-corrected chi connectivity index (χ4v) is 0.760. The lowest BCUT2D eigenvalue weighted by molar-refractivity contribution is -0.144. The Hall–Kier alpha value is -1.33. The maximum Gasteiger partial charge on any atom is 0.113 e. The highest BCUT2D eigenvalue weighted by Gasteiger charge is 1.91. The third-order valence-electron chi connectivity index (χ3n) is 1.34. The summed E-state index contributed by atoms with van der Waals surface area (Å²) in [4.78, 5) is 3.45. The standard InChI is InChI=1S/C9H7FO/c1-2-8-3-5-9(6-4-8)7-11-10/h1,3-6H,7H2. The third-order valence-corrected chi connectivity index (χ3v) is 1.34. The number of rotatable bonds is 2. The minimum Gasteiger partial charge on any atom is -0.189 e. The van der Waals surface area contributed by atoms with E-state index in [2.05, 4.69) is 10.9 Å². The van der Waals surface area contributed by atoms with Crippen LogP contribution in [0.4, 0.5) is 4.53 Å². The van der Waals surface area contributed by atoms with Crippen LogP contribution in [0.1, 0.15) is 11.1 Å². The third kappa shape index (κ3) is 2.06. The lowest BCUT2D eigenvalue weighted by atomic mass is 10.1. The molecule has 0 atom stereocenters. The highest BCUT2D eigenvalue weighted by Crippen LogP contribution is 2.04. The van der Waals surface area contributed by atoms with Gasteiger partial charge in [0.05, 0.1) is 0 Å². The van der Waals surface area contributed by atoms with Crippen molar-refractivity contribution in [2.75, 3.05) is 0 Å². The van der Waals surface area contributed by atoms with Gasteiger partial charge in [-0.2, -0.15) is 4.94 Å². The highest BCUT2D eigenvalue weighted by molar-refractivity contribution is 5.33. The lowest BCUT2D eigenvalue weighted by Crippen LogP contribution is -1.83. The van der Waals surface area contributed by atoms with Crippen molar-refractivity contribution in [3.8, 4) is 12.3 Å². The first-order valence-electron chi connectivity index (χ1n) is 3.16. The molecule has 0 heterocycles. The molecule has 0 aliphatic carbocycles. The molecule has 1 aromatic carbocycles. The summed E-state index contributed by atoms with van der Waals surface area (Å²) in [6.45, 7) is -0.0230. The zero-order valence-electron chi connectivity index (χ0n) is 5.88. The fraction of sp³-hybridized carbons (Fsp3) is 0.111. The normalized spacial score (nSPS) is 9.09. The summed E-state index contributed by atoms with van der Waals surface area (Å²) >= 11 is 0. The van der Waals surface area contributed by atoms with E-state index in [1.165, 1.54) is 0 Å². The van der Waals surface area contributed by atoms with Crippen molar-refractivity contribution in [3.63, 3.8) is 0 Å². The summed E-state index contributed by atoms with van der Waals surface area (Å²) in [7, 11) is 0. The van der Waals surface area contributed by atoms with Crippen LogP contribution in [-0.2, 0) is 11.5 Å². The Labute approximate surface area is 64.7 Å². The molecular formula is C9H7FO. The van der Waals surface area contributed by atoms with Crippen LogP contribution >= 0.6 is 0 Å². The van der Waals surface area contributed by atoms with Crippen LogP contribution in [0, 0.1) is 12.3 Å². The highest BCUT2D eigenvalue weighted by atomic mass is 19.3. The van der Waals surface area contributed by atoms with Crippen molar-refractivity contribution in [1.82, 2.24) is 0 Å². The van der Waals surface area contributed by atoms with E-state index in [0.717, 1.165) is 11.1 Å². The summed E-state index contributed by atoms with van der Waals surface area (Å²) in [5.41, 5.74) is 1.55. The average Bonchev–Trinajstić information content (AvgIpc) is 2.07. The molecule has 0 unspecified atom stereocenters. The minimum absolute atomic E-state index is 0.0230. The molecule has 0 spiro atoms. The van der Waals surface area contributed by atoms with E-state index in [0.29, 0.717) is 0 Å². The molecule has 0 N–H and O–H groups in total. The van der Waals surface area contributed by atoms with Gasteiger partial charge in [-0.05, 0) is 22.2 Å². The van der Waals surface area contributed by atoms with Crippen molar-refractivity contribution < 1.29 is 9.47 Å². The van der Waals surface area contributed by atoms with Gasteiger partial charge in [-0.25, -0.2) is 0 Å². The zero-order chi connectivity index (χ0) is 8.10. The molecule has 1 aromatic rings. The Morgan fingerprint density at radius 2 is 2.00 bits per heavy atom. The molecular weight excluding hydrogens is 143 g/mol. The van der Waals surface area contributed by atoms with Crippen LogP contribution in [0.2, 0.25) is 0 Å². The summed E-state index contributed by atoms with van der Waals surface area (Å²) in [6, 6.07) is 6.95. The van der Waals surface area contributed by atoms with E-state index in [-0.39, 0.29) is 6.61 Å². The van der Waals surface area contributed by atoms with Crippen molar-refractivity contribution in [1.29, 1.82) is 0 Å². The predicted octanol–water partition coefficient (Wildman–Crippen LogP) is 2.07. The number of hydrogen-bond donors (Lipinski definition) is 0. The molecule has 0 bridgehead atoms.